The zero-order valence-electron chi connectivity index (χ0n) is 10.4. The molecule has 0 unspecified atom stereocenters. The van der Waals surface area contributed by atoms with Crippen molar-refractivity contribution >= 4 is 22.3 Å². The summed E-state index contributed by atoms with van der Waals surface area (Å²) < 4.78 is 1.54. The van der Waals surface area contributed by atoms with Crippen LogP contribution < -0.4 is 11.3 Å². The molecule has 3 aromatic rings. The fraction of sp³-hybridized carbons (Fsp3) is 0. The van der Waals surface area contributed by atoms with Crippen LogP contribution >= 0.6 is 0 Å². The summed E-state index contributed by atoms with van der Waals surface area (Å²) >= 11 is 0. The monoisotopic (exact) mass is 269 g/mol. The first-order valence-electron chi connectivity index (χ1n) is 5.89. The average molecular weight is 269 g/mol. The predicted octanol–water partition coefficient (Wildman–Crippen LogP) is 2.22. The van der Waals surface area contributed by atoms with E-state index in [1.54, 1.807) is 24.4 Å². The number of hydrogen-bond donors (Lipinski definition) is 2. The molecule has 0 aliphatic heterocycles. The molecule has 7 heteroatoms. The van der Waals surface area contributed by atoms with Gasteiger partial charge in [-0.2, -0.15) is 5.10 Å². The van der Waals surface area contributed by atoms with Gasteiger partial charge in [-0.15, -0.1) is 0 Å². The van der Waals surface area contributed by atoms with Crippen molar-refractivity contribution in [3.8, 4) is 5.69 Å². The van der Waals surface area contributed by atoms with Crippen LogP contribution in [-0.4, -0.2) is 14.7 Å². The van der Waals surface area contributed by atoms with Gasteiger partial charge in [0.15, 0.2) is 0 Å². The summed E-state index contributed by atoms with van der Waals surface area (Å²) in [7, 11) is 0. The van der Waals surface area contributed by atoms with Crippen molar-refractivity contribution in [1.82, 2.24) is 9.78 Å². The summed E-state index contributed by atoms with van der Waals surface area (Å²) in [6.07, 6.45) is 1.67. The molecule has 2 aromatic carbocycles. The zero-order valence-corrected chi connectivity index (χ0v) is 10.4. The molecule has 0 saturated heterocycles. The van der Waals surface area contributed by atoms with Crippen molar-refractivity contribution < 1.29 is 4.92 Å². The molecular weight excluding hydrogens is 258 g/mol. The molecule has 0 fully saturated rings. The Morgan fingerprint density at radius 2 is 2.00 bits per heavy atom. The third kappa shape index (κ3) is 1.77. The predicted molar refractivity (Wildman–Crippen MR) is 75.5 cm³/mol. The summed E-state index contributed by atoms with van der Waals surface area (Å²) in [5.41, 5.74) is 3.64. The van der Waals surface area contributed by atoms with E-state index in [2.05, 4.69) is 10.5 Å². The fourth-order valence-electron chi connectivity index (χ4n) is 2.17. The zero-order chi connectivity index (χ0) is 14.1. The maximum Gasteiger partial charge on any atom is 0.319 e. The first kappa shape index (κ1) is 12.1. The molecule has 3 rings (SSSR count). The number of benzene rings is 2. The van der Waals surface area contributed by atoms with Crippen LogP contribution in [0.1, 0.15) is 0 Å². The van der Waals surface area contributed by atoms with E-state index < -0.39 is 4.92 Å². The van der Waals surface area contributed by atoms with Crippen LogP contribution in [0.25, 0.3) is 16.6 Å². The number of aromatic nitrogens is 2. The molecule has 20 heavy (non-hydrogen) atoms. The Hall–Kier alpha value is -2.93. The Balaban J connectivity index is 2.32. The van der Waals surface area contributed by atoms with E-state index in [1.807, 2.05) is 24.3 Å². The molecule has 0 aliphatic rings. The minimum atomic E-state index is -0.471. The maximum absolute atomic E-state index is 11.3. The van der Waals surface area contributed by atoms with Gasteiger partial charge in [-0.1, -0.05) is 24.3 Å². The first-order chi connectivity index (χ1) is 9.72. The standard InChI is InChI=1S/C13H11N5O2/c14-16-10-5-3-7-12(13(10)18(19)20)17-11-6-2-1-4-9(11)8-15-17/h1-8,16H,14H2. The van der Waals surface area contributed by atoms with Crippen LogP contribution in [0.4, 0.5) is 11.4 Å². The number of hydrogen-bond acceptors (Lipinski definition) is 5. The van der Waals surface area contributed by atoms with E-state index in [1.165, 1.54) is 4.68 Å². The van der Waals surface area contributed by atoms with Gasteiger partial charge >= 0.3 is 5.69 Å². The minimum absolute atomic E-state index is 0.108. The lowest BCUT2D eigenvalue weighted by Crippen LogP contribution is -2.11. The van der Waals surface area contributed by atoms with Crippen LogP contribution in [0.15, 0.2) is 48.7 Å². The number of nitrogen functional groups attached to an aromatic ring is 1. The highest BCUT2D eigenvalue weighted by Gasteiger charge is 2.21. The molecule has 7 nitrogen and oxygen atoms in total. The molecule has 0 radical (unpaired) electrons. The summed E-state index contributed by atoms with van der Waals surface area (Å²) in [5, 5.41) is 16.4. The summed E-state index contributed by atoms with van der Waals surface area (Å²) in [6, 6.07) is 12.4. The first-order valence-corrected chi connectivity index (χ1v) is 5.89. The Kier molecular flexibility index (Phi) is 2.81. The van der Waals surface area contributed by atoms with E-state index in [4.69, 9.17) is 5.84 Å². The lowest BCUT2D eigenvalue weighted by Gasteiger charge is -2.08. The molecule has 0 amide bonds. The molecule has 1 aromatic heterocycles. The number of para-hydroxylation sites is 2. The van der Waals surface area contributed by atoms with E-state index in [-0.39, 0.29) is 11.4 Å². The highest BCUT2D eigenvalue weighted by Crippen LogP contribution is 2.32. The van der Waals surface area contributed by atoms with Crippen molar-refractivity contribution in [1.29, 1.82) is 0 Å². The fourth-order valence-corrected chi connectivity index (χ4v) is 2.17. The largest absolute Gasteiger partial charge is 0.319 e. The number of anilines is 1. The maximum atomic E-state index is 11.3. The van der Waals surface area contributed by atoms with Crippen molar-refractivity contribution in [2.24, 2.45) is 5.84 Å². The summed E-state index contributed by atoms with van der Waals surface area (Å²) in [4.78, 5) is 10.8. The molecular formula is C13H11N5O2. The van der Waals surface area contributed by atoms with E-state index in [0.29, 0.717) is 5.69 Å². The van der Waals surface area contributed by atoms with E-state index in [9.17, 15) is 10.1 Å². The number of nitro groups is 1. The Bertz CT molecular complexity index is 796. The number of nitro benzene ring substituents is 1. The molecule has 100 valence electrons. The number of rotatable bonds is 3. The van der Waals surface area contributed by atoms with Gasteiger partial charge < -0.3 is 5.43 Å². The molecule has 3 N–H and O–H groups in total. The van der Waals surface area contributed by atoms with Crippen molar-refractivity contribution in [3.63, 3.8) is 0 Å². The molecule has 0 saturated carbocycles. The molecule has 0 aliphatic carbocycles. The molecule has 0 spiro atoms. The summed E-state index contributed by atoms with van der Waals surface area (Å²) in [5.74, 6) is 5.34. The lowest BCUT2D eigenvalue weighted by atomic mass is 10.2. The third-order valence-electron chi connectivity index (χ3n) is 3.06. The van der Waals surface area contributed by atoms with Crippen molar-refractivity contribution in [2.75, 3.05) is 5.43 Å². The summed E-state index contributed by atoms with van der Waals surface area (Å²) in [6.45, 7) is 0. The van der Waals surface area contributed by atoms with Crippen LogP contribution in [0.3, 0.4) is 0 Å². The van der Waals surface area contributed by atoms with Crippen molar-refractivity contribution in [3.05, 3.63) is 58.8 Å². The van der Waals surface area contributed by atoms with Gasteiger partial charge in [0.25, 0.3) is 0 Å². The molecule has 1 heterocycles. The Morgan fingerprint density at radius 3 is 2.75 bits per heavy atom. The molecule has 0 atom stereocenters. The van der Waals surface area contributed by atoms with Crippen molar-refractivity contribution in [2.45, 2.75) is 0 Å². The van der Waals surface area contributed by atoms with Gasteiger partial charge in [-0.05, 0) is 18.2 Å². The average Bonchev–Trinajstić information content (AvgIpc) is 2.90. The number of hydrazine groups is 1. The quantitative estimate of drug-likeness (QED) is 0.431. The van der Waals surface area contributed by atoms with E-state index >= 15 is 0 Å². The van der Waals surface area contributed by atoms with Crippen LogP contribution in [0, 0.1) is 10.1 Å². The van der Waals surface area contributed by atoms with Gasteiger partial charge in [0.2, 0.25) is 0 Å². The number of nitrogens with one attached hydrogen (secondary N) is 1. The highest BCUT2D eigenvalue weighted by molar-refractivity contribution is 5.82. The second-order valence-electron chi connectivity index (χ2n) is 4.19. The second-order valence-corrected chi connectivity index (χ2v) is 4.19. The van der Waals surface area contributed by atoms with Gasteiger partial charge in [0.1, 0.15) is 11.4 Å². The lowest BCUT2D eigenvalue weighted by molar-refractivity contribution is -0.383. The second kappa shape index (κ2) is 4.63. The number of nitrogens with two attached hydrogens (primary N) is 1. The van der Waals surface area contributed by atoms with Gasteiger partial charge in [-0.3, -0.25) is 16.0 Å². The Morgan fingerprint density at radius 1 is 1.20 bits per heavy atom. The third-order valence-corrected chi connectivity index (χ3v) is 3.06. The normalized spacial score (nSPS) is 10.7. The SMILES string of the molecule is NNc1cccc(-n2ncc3ccccc32)c1[N+](=O)[O-]. The van der Waals surface area contributed by atoms with Crippen LogP contribution in [-0.2, 0) is 0 Å². The van der Waals surface area contributed by atoms with Crippen LogP contribution in [0.2, 0.25) is 0 Å². The molecule has 0 bridgehead atoms. The minimum Gasteiger partial charge on any atom is -0.318 e. The smallest absolute Gasteiger partial charge is 0.318 e. The van der Waals surface area contributed by atoms with Gasteiger partial charge in [0.05, 0.1) is 16.6 Å². The van der Waals surface area contributed by atoms with E-state index in [0.717, 1.165) is 10.9 Å². The van der Waals surface area contributed by atoms with Crippen LogP contribution in [0.5, 0.6) is 0 Å². The van der Waals surface area contributed by atoms with Gasteiger partial charge in [0, 0.05) is 5.39 Å². The Labute approximate surface area is 113 Å². The number of nitrogens with zero attached hydrogens (tertiary/aromatic N) is 3. The highest BCUT2D eigenvalue weighted by atomic mass is 16.6. The van der Waals surface area contributed by atoms with Gasteiger partial charge in [-0.25, -0.2) is 4.68 Å². The topological polar surface area (TPSA) is 99.0 Å². The number of fused-ring (bicyclic) bond motifs is 1.